The predicted molar refractivity (Wildman–Crippen MR) is 78.9 cm³/mol. The van der Waals surface area contributed by atoms with Crippen LogP contribution in [0.15, 0.2) is 33.0 Å². The van der Waals surface area contributed by atoms with Crippen molar-refractivity contribution in [2.75, 3.05) is 7.11 Å². The number of hydrogen-bond donors (Lipinski definition) is 2. The van der Waals surface area contributed by atoms with Gasteiger partial charge in [-0.3, -0.25) is 4.57 Å². The number of ether oxygens (including phenoxy) is 1. The number of rotatable bonds is 5. The van der Waals surface area contributed by atoms with Gasteiger partial charge in [0.05, 0.1) is 13.2 Å². The number of hydrogen-bond acceptors (Lipinski definition) is 5. The molecule has 1 aliphatic carbocycles. The highest BCUT2D eigenvalue weighted by Gasteiger charge is 2.29. The topological polar surface area (TPSA) is 80.1 Å². The Bertz CT molecular complexity index is 704. The van der Waals surface area contributed by atoms with Crippen LogP contribution in [0.3, 0.4) is 0 Å². The summed E-state index contributed by atoms with van der Waals surface area (Å²) < 4.78 is 7.00. The minimum absolute atomic E-state index is 0.179. The summed E-state index contributed by atoms with van der Waals surface area (Å²) in [6, 6.07) is 5.81. The summed E-state index contributed by atoms with van der Waals surface area (Å²) >= 11 is 1.37. The van der Waals surface area contributed by atoms with Crippen LogP contribution in [0, 0.1) is 0 Å². The Kier molecular flexibility index (Phi) is 3.77. The van der Waals surface area contributed by atoms with E-state index < -0.39 is 6.10 Å². The van der Waals surface area contributed by atoms with Crippen molar-refractivity contribution in [3.05, 3.63) is 34.2 Å². The van der Waals surface area contributed by atoms with Gasteiger partial charge in [0, 0.05) is 16.5 Å². The molecule has 0 bridgehead atoms. The fraction of sp³-hybridized carbons (Fsp3) is 0.429. The second-order valence-corrected chi connectivity index (χ2v) is 6.07. The maximum atomic E-state index is 11.8. The van der Waals surface area contributed by atoms with E-state index in [1.807, 2.05) is 18.2 Å². The van der Waals surface area contributed by atoms with Gasteiger partial charge in [-0.05, 0) is 43.7 Å². The Morgan fingerprint density at radius 3 is 2.90 bits per heavy atom. The van der Waals surface area contributed by atoms with E-state index in [4.69, 9.17) is 4.74 Å². The molecule has 1 heterocycles. The second-order valence-electron chi connectivity index (χ2n) is 5.06. The van der Waals surface area contributed by atoms with E-state index >= 15 is 0 Å². The van der Waals surface area contributed by atoms with Crippen LogP contribution in [0.1, 0.15) is 37.5 Å². The van der Waals surface area contributed by atoms with Gasteiger partial charge in [-0.2, -0.15) is 0 Å². The van der Waals surface area contributed by atoms with Crippen LogP contribution in [0.25, 0.3) is 0 Å². The zero-order chi connectivity index (χ0) is 15.0. The number of aliphatic hydroxyl groups is 1. The Hall–Kier alpha value is -1.73. The SMILES string of the molecule is COc1cccc(Sc2n[nH]c(=O)n2C2CC2)c1[C@@H](C)O. The van der Waals surface area contributed by atoms with Gasteiger partial charge in [-0.25, -0.2) is 9.89 Å². The van der Waals surface area contributed by atoms with Gasteiger partial charge in [0.2, 0.25) is 0 Å². The minimum Gasteiger partial charge on any atom is -0.496 e. The summed E-state index contributed by atoms with van der Waals surface area (Å²) in [5, 5.41) is 17.2. The van der Waals surface area contributed by atoms with E-state index in [1.165, 1.54) is 11.8 Å². The molecule has 3 rings (SSSR count). The van der Waals surface area contributed by atoms with Crippen molar-refractivity contribution in [3.63, 3.8) is 0 Å². The summed E-state index contributed by atoms with van der Waals surface area (Å²) in [4.78, 5) is 12.6. The molecule has 1 aliphatic rings. The molecule has 21 heavy (non-hydrogen) atoms. The lowest BCUT2D eigenvalue weighted by Gasteiger charge is -2.15. The molecule has 112 valence electrons. The highest BCUT2D eigenvalue weighted by atomic mass is 32.2. The van der Waals surface area contributed by atoms with Gasteiger partial charge in [-0.1, -0.05) is 6.07 Å². The summed E-state index contributed by atoms with van der Waals surface area (Å²) in [7, 11) is 1.57. The van der Waals surface area contributed by atoms with Gasteiger partial charge in [0.15, 0.2) is 5.16 Å². The highest BCUT2D eigenvalue weighted by Crippen LogP contribution is 2.41. The average molecular weight is 307 g/mol. The number of methoxy groups -OCH3 is 1. The molecule has 0 amide bonds. The maximum absolute atomic E-state index is 11.8. The molecule has 6 nitrogen and oxygen atoms in total. The van der Waals surface area contributed by atoms with Crippen LogP contribution in [0.4, 0.5) is 0 Å². The molecule has 0 radical (unpaired) electrons. The summed E-state index contributed by atoms with van der Waals surface area (Å²) in [5.41, 5.74) is 0.532. The zero-order valence-electron chi connectivity index (χ0n) is 11.9. The molecule has 0 saturated heterocycles. The summed E-state index contributed by atoms with van der Waals surface area (Å²) in [6.07, 6.45) is 1.35. The number of benzene rings is 1. The van der Waals surface area contributed by atoms with E-state index in [0.717, 1.165) is 17.7 Å². The normalized spacial score (nSPS) is 16.0. The molecule has 2 N–H and O–H groups in total. The zero-order valence-corrected chi connectivity index (χ0v) is 12.7. The molecular weight excluding hydrogens is 290 g/mol. The van der Waals surface area contributed by atoms with Crippen LogP contribution in [-0.4, -0.2) is 27.0 Å². The van der Waals surface area contributed by atoms with Crippen molar-refractivity contribution in [2.24, 2.45) is 0 Å². The lowest BCUT2D eigenvalue weighted by molar-refractivity contribution is 0.191. The van der Waals surface area contributed by atoms with E-state index in [9.17, 15) is 9.90 Å². The number of aliphatic hydroxyl groups excluding tert-OH is 1. The lowest BCUT2D eigenvalue weighted by Crippen LogP contribution is -2.16. The number of aromatic nitrogens is 3. The van der Waals surface area contributed by atoms with Gasteiger partial charge in [0.25, 0.3) is 0 Å². The second kappa shape index (κ2) is 5.57. The van der Waals surface area contributed by atoms with E-state index in [2.05, 4.69) is 10.2 Å². The molecule has 7 heteroatoms. The monoisotopic (exact) mass is 307 g/mol. The van der Waals surface area contributed by atoms with Crippen molar-refractivity contribution in [1.82, 2.24) is 14.8 Å². The van der Waals surface area contributed by atoms with Crippen molar-refractivity contribution in [2.45, 2.75) is 42.0 Å². The number of nitrogens with one attached hydrogen (secondary N) is 1. The first-order valence-electron chi connectivity index (χ1n) is 6.81. The smallest absolute Gasteiger partial charge is 0.344 e. The van der Waals surface area contributed by atoms with E-state index in [0.29, 0.717) is 16.5 Å². The minimum atomic E-state index is -0.663. The largest absolute Gasteiger partial charge is 0.496 e. The van der Waals surface area contributed by atoms with Crippen LogP contribution >= 0.6 is 11.8 Å². The van der Waals surface area contributed by atoms with Crippen molar-refractivity contribution < 1.29 is 9.84 Å². The first kappa shape index (κ1) is 14.2. The Labute approximate surface area is 126 Å². The quantitative estimate of drug-likeness (QED) is 0.884. The number of nitrogens with zero attached hydrogens (tertiary/aromatic N) is 2. The first-order valence-corrected chi connectivity index (χ1v) is 7.63. The predicted octanol–water partition coefficient (Wildman–Crippen LogP) is 2.12. The number of H-pyrrole nitrogens is 1. The van der Waals surface area contributed by atoms with E-state index in [1.54, 1.807) is 18.6 Å². The summed E-state index contributed by atoms with van der Waals surface area (Å²) in [5.74, 6) is 0.630. The first-order chi connectivity index (χ1) is 10.1. The molecule has 0 aliphatic heterocycles. The molecule has 1 saturated carbocycles. The number of aromatic amines is 1. The maximum Gasteiger partial charge on any atom is 0.344 e. The van der Waals surface area contributed by atoms with Gasteiger partial charge in [0.1, 0.15) is 5.75 Å². The third kappa shape index (κ3) is 2.71. The fourth-order valence-electron chi connectivity index (χ4n) is 2.32. The molecule has 1 atom stereocenters. The molecule has 1 aromatic heterocycles. The highest BCUT2D eigenvalue weighted by molar-refractivity contribution is 7.99. The summed E-state index contributed by atoms with van der Waals surface area (Å²) in [6.45, 7) is 1.69. The van der Waals surface area contributed by atoms with Crippen molar-refractivity contribution >= 4 is 11.8 Å². The van der Waals surface area contributed by atoms with Crippen LogP contribution in [0.2, 0.25) is 0 Å². The lowest BCUT2D eigenvalue weighted by atomic mass is 10.1. The van der Waals surface area contributed by atoms with Gasteiger partial charge >= 0.3 is 5.69 Å². The van der Waals surface area contributed by atoms with Crippen LogP contribution < -0.4 is 10.4 Å². The van der Waals surface area contributed by atoms with Crippen LogP contribution in [-0.2, 0) is 0 Å². The Morgan fingerprint density at radius 1 is 1.52 bits per heavy atom. The Balaban J connectivity index is 2.00. The third-order valence-electron chi connectivity index (χ3n) is 3.45. The van der Waals surface area contributed by atoms with Gasteiger partial charge in [-0.15, -0.1) is 5.10 Å². The Morgan fingerprint density at radius 2 is 2.29 bits per heavy atom. The molecule has 1 aromatic carbocycles. The van der Waals surface area contributed by atoms with E-state index in [-0.39, 0.29) is 11.7 Å². The van der Waals surface area contributed by atoms with Crippen LogP contribution in [0.5, 0.6) is 5.75 Å². The third-order valence-corrected chi connectivity index (χ3v) is 4.50. The molecule has 0 spiro atoms. The standard InChI is InChI=1S/C14H17N3O3S/c1-8(18)12-10(20-2)4-3-5-11(12)21-14-16-15-13(19)17(14)9-6-7-9/h3-5,8-9,18H,6-7H2,1-2H3,(H,15,19)/t8-/m1/s1. The molecule has 2 aromatic rings. The molecular formula is C14H17N3O3S. The molecule has 0 unspecified atom stereocenters. The van der Waals surface area contributed by atoms with Gasteiger partial charge < -0.3 is 9.84 Å². The molecule has 1 fully saturated rings. The van der Waals surface area contributed by atoms with Crippen molar-refractivity contribution in [1.29, 1.82) is 0 Å². The van der Waals surface area contributed by atoms with Crippen molar-refractivity contribution in [3.8, 4) is 5.75 Å². The average Bonchev–Trinajstić information content (AvgIpc) is 3.23. The fourth-order valence-corrected chi connectivity index (χ4v) is 3.46.